The van der Waals surface area contributed by atoms with Crippen molar-refractivity contribution in [3.05, 3.63) is 0 Å². The lowest BCUT2D eigenvalue weighted by Crippen LogP contribution is -2.50. The molecule has 0 aromatic rings. The van der Waals surface area contributed by atoms with E-state index < -0.39 is 5.54 Å². The minimum atomic E-state index is -0.508. The van der Waals surface area contributed by atoms with Gasteiger partial charge in [0.15, 0.2) is 0 Å². The van der Waals surface area contributed by atoms with Crippen molar-refractivity contribution in [2.24, 2.45) is 5.73 Å². The van der Waals surface area contributed by atoms with E-state index in [1.807, 2.05) is 0 Å². The Morgan fingerprint density at radius 1 is 1.33 bits per heavy atom. The highest BCUT2D eigenvalue weighted by atomic mass is 16.2. The summed E-state index contributed by atoms with van der Waals surface area (Å²) in [4.78, 5) is 14.3. The average molecular weight is 209 g/mol. The standard InChI is InChI=1S/C11H19N3O/c12-11(4-5-11)10(15)13-8-3-7-14-6-1-2-9(8)14/h8-9H,1-7,12H2,(H,13,15). The first-order valence-corrected chi connectivity index (χ1v) is 6.03. The first-order chi connectivity index (χ1) is 7.19. The molecule has 4 nitrogen and oxygen atoms in total. The molecule has 4 heteroatoms. The largest absolute Gasteiger partial charge is 0.350 e. The molecule has 0 bridgehead atoms. The Balaban J connectivity index is 1.61. The van der Waals surface area contributed by atoms with Gasteiger partial charge in [0.1, 0.15) is 0 Å². The summed E-state index contributed by atoms with van der Waals surface area (Å²) in [6.07, 6.45) is 5.35. The molecule has 0 radical (unpaired) electrons. The molecule has 2 unspecified atom stereocenters. The number of carbonyl (C=O) groups excluding carboxylic acids is 1. The minimum Gasteiger partial charge on any atom is -0.350 e. The van der Waals surface area contributed by atoms with Crippen LogP contribution in [0.2, 0.25) is 0 Å². The predicted octanol–water partition coefficient (Wildman–Crippen LogP) is -0.169. The minimum absolute atomic E-state index is 0.0845. The monoisotopic (exact) mass is 209 g/mol. The Kier molecular flexibility index (Phi) is 2.04. The van der Waals surface area contributed by atoms with Gasteiger partial charge >= 0.3 is 0 Å². The molecular weight excluding hydrogens is 190 g/mol. The normalized spacial score (nSPS) is 37.7. The highest BCUT2D eigenvalue weighted by molar-refractivity contribution is 5.89. The van der Waals surface area contributed by atoms with Crippen molar-refractivity contribution in [1.29, 1.82) is 0 Å². The van der Waals surface area contributed by atoms with Gasteiger partial charge in [0.2, 0.25) is 5.91 Å². The van der Waals surface area contributed by atoms with E-state index in [9.17, 15) is 4.79 Å². The van der Waals surface area contributed by atoms with E-state index in [1.165, 1.54) is 19.4 Å². The number of hydrogen-bond donors (Lipinski definition) is 2. The van der Waals surface area contributed by atoms with E-state index in [2.05, 4.69) is 10.2 Å². The van der Waals surface area contributed by atoms with Crippen molar-refractivity contribution in [3.8, 4) is 0 Å². The third-order valence-electron chi connectivity index (χ3n) is 4.16. The molecule has 3 N–H and O–H groups in total. The van der Waals surface area contributed by atoms with E-state index in [0.717, 1.165) is 25.8 Å². The summed E-state index contributed by atoms with van der Waals surface area (Å²) in [7, 11) is 0. The maximum atomic E-state index is 11.8. The molecule has 84 valence electrons. The van der Waals surface area contributed by atoms with E-state index in [1.54, 1.807) is 0 Å². The SMILES string of the molecule is NC1(C(=O)NC2CCN3CCCC23)CC1. The van der Waals surface area contributed by atoms with Gasteiger partial charge in [-0.25, -0.2) is 0 Å². The van der Waals surface area contributed by atoms with Crippen molar-refractivity contribution in [2.45, 2.75) is 49.7 Å². The summed E-state index contributed by atoms with van der Waals surface area (Å²) >= 11 is 0. The smallest absolute Gasteiger partial charge is 0.240 e. The molecule has 1 aliphatic carbocycles. The molecule has 2 aliphatic heterocycles. The topological polar surface area (TPSA) is 58.4 Å². The van der Waals surface area contributed by atoms with Gasteiger partial charge in [-0.3, -0.25) is 9.69 Å². The maximum Gasteiger partial charge on any atom is 0.240 e. The zero-order valence-electron chi connectivity index (χ0n) is 9.04. The predicted molar refractivity (Wildman–Crippen MR) is 57.3 cm³/mol. The van der Waals surface area contributed by atoms with Gasteiger partial charge in [-0.05, 0) is 38.6 Å². The molecule has 0 spiro atoms. The van der Waals surface area contributed by atoms with E-state index >= 15 is 0 Å². The van der Waals surface area contributed by atoms with Crippen LogP contribution in [0.1, 0.15) is 32.1 Å². The second kappa shape index (κ2) is 3.19. The average Bonchev–Trinajstić information content (AvgIpc) is 2.67. The Labute approximate surface area is 90.2 Å². The highest BCUT2D eigenvalue weighted by Gasteiger charge is 2.48. The Morgan fingerprint density at radius 2 is 2.13 bits per heavy atom. The fourth-order valence-corrected chi connectivity index (χ4v) is 2.92. The summed E-state index contributed by atoms with van der Waals surface area (Å²) < 4.78 is 0. The van der Waals surface area contributed by atoms with Gasteiger partial charge in [0.25, 0.3) is 0 Å². The van der Waals surface area contributed by atoms with Crippen LogP contribution in [0.25, 0.3) is 0 Å². The Morgan fingerprint density at radius 3 is 2.87 bits per heavy atom. The highest BCUT2D eigenvalue weighted by Crippen LogP contribution is 2.34. The maximum absolute atomic E-state index is 11.8. The van der Waals surface area contributed by atoms with E-state index in [0.29, 0.717) is 12.1 Å². The summed E-state index contributed by atoms with van der Waals surface area (Å²) in [6.45, 7) is 2.36. The van der Waals surface area contributed by atoms with Crippen molar-refractivity contribution >= 4 is 5.91 Å². The van der Waals surface area contributed by atoms with Crippen LogP contribution >= 0.6 is 0 Å². The number of carbonyl (C=O) groups is 1. The third kappa shape index (κ3) is 1.56. The number of amides is 1. The van der Waals surface area contributed by atoms with Gasteiger partial charge in [0, 0.05) is 18.6 Å². The van der Waals surface area contributed by atoms with E-state index in [-0.39, 0.29) is 5.91 Å². The van der Waals surface area contributed by atoms with Crippen molar-refractivity contribution in [1.82, 2.24) is 10.2 Å². The zero-order chi connectivity index (χ0) is 10.5. The van der Waals surface area contributed by atoms with Gasteiger partial charge in [0.05, 0.1) is 5.54 Å². The number of nitrogens with two attached hydrogens (primary N) is 1. The summed E-state index contributed by atoms with van der Waals surface area (Å²) in [6, 6.07) is 0.956. The van der Waals surface area contributed by atoms with Crippen LogP contribution in [0.15, 0.2) is 0 Å². The summed E-state index contributed by atoms with van der Waals surface area (Å²) in [5, 5.41) is 3.15. The van der Waals surface area contributed by atoms with E-state index in [4.69, 9.17) is 5.73 Å². The molecule has 1 saturated carbocycles. The van der Waals surface area contributed by atoms with Gasteiger partial charge in [-0.2, -0.15) is 0 Å². The molecular formula is C11H19N3O. The van der Waals surface area contributed by atoms with Crippen LogP contribution in [-0.4, -0.2) is 41.5 Å². The van der Waals surface area contributed by atoms with Crippen LogP contribution in [0.3, 0.4) is 0 Å². The fraction of sp³-hybridized carbons (Fsp3) is 0.909. The molecule has 3 rings (SSSR count). The molecule has 3 fully saturated rings. The number of rotatable bonds is 2. The molecule has 2 saturated heterocycles. The van der Waals surface area contributed by atoms with Crippen LogP contribution in [-0.2, 0) is 4.79 Å². The molecule has 1 amide bonds. The van der Waals surface area contributed by atoms with Crippen LogP contribution in [0.5, 0.6) is 0 Å². The van der Waals surface area contributed by atoms with Crippen LogP contribution in [0.4, 0.5) is 0 Å². The number of fused-ring (bicyclic) bond motifs is 1. The second-order valence-electron chi connectivity index (χ2n) is 5.27. The lowest BCUT2D eigenvalue weighted by molar-refractivity contribution is -0.124. The quantitative estimate of drug-likeness (QED) is 0.664. The zero-order valence-corrected chi connectivity index (χ0v) is 9.04. The Bertz CT molecular complexity index is 288. The first-order valence-electron chi connectivity index (χ1n) is 6.03. The molecule has 2 heterocycles. The van der Waals surface area contributed by atoms with Crippen LogP contribution in [0, 0.1) is 0 Å². The molecule has 2 atom stereocenters. The van der Waals surface area contributed by atoms with Gasteiger partial charge < -0.3 is 11.1 Å². The first kappa shape index (κ1) is 9.60. The number of hydrogen-bond acceptors (Lipinski definition) is 3. The Hall–Kier alpha value is -0.610. The lowest BCUT2D eigenvalue weighted by atomic mass is 10.1. The fourth-order valence-electron chi connectivity index (χ4n) is 2.92. The summed E-state index contributed by atoms with van der Waals surface area (Å²) in [5.74, 6) is 0.0845. The molecule has 0 aromatic heterocycles. The van der Waals surface area contributed by atoms with Gasteiger partial charge in [-0.15, -0.1) is 0 Å². The van der Waals surface area contributed by atoms with Gasteiger partial charge in [-0.1, -0.05) is 0 Å². The third-order valence-corrected chi connectivity index (χ3v) is 4.16. The van der Waals surface area contributed by atoms with Crippen molar-refractivity contribution in [3.63, 3.8) is 0 Å². The van der Waals surface area contributed by atoms with Crippen LogP contribution < -0.4 is 11.1 Å². The molecule has 3 aliphatic rings. The van der Waals surface area contributed by atoms with Crippen molar-refractivity contribution < 1.29 is 4.79 Å². The second-order valence-corrected chi connectivity index (χ2v) is 5.27. The summed E-state index contributed by atoms with van der Waals surface area (Å²) in [5.41, 5.74) is 5.37. The molecule has 0 aromatic carbocycles. The number of nitrogens with one attached hydrogen (secondary N) is 1. The van der Waals surface area contributed by atoms with Crippen molar-refractivity contribution in [2.75, 3.05) is 13.1 Å². The molecule has 15 heavy (non-hydrogen) atoms. The number of nitrogens with zero attached hydrogens (tertiary/aromatic N) is 1. The lowest BCUT2D eigenvalue weighted by Gasteiger charge is -2.22.